The first-order chi connectivity index (χ1) is 13.7. The highest BCUT2D eigenvalue weighted by Crippen LogP contribution is 2.54. The van der Waals surface area contributed by atoms with Crippen LogP contribution in [-0.4, -0.2) is 24.7 Å². The third kappa shape index (κ3) is 3.32. The number of ether oxygens (including phenoxy) is 1. The van der Waals surface area contributed by atoms with Crippen LogP contribution >= 0.6 is 0 Å². The van der Waals surface area contributed by atoms with Crippen LogP contribution in [0.25, 0.3) is 0 Å². The van der Waals surface area contributed by atoms with Crippen LogP contribution in [0.15, 0.2) is 42.5 Å². The van der Waals surface area contributed by atoms with E-state index in [1.54, 1.807) is 24.3 Å². The van der Waals surface area contributed by atoms with Crippen LogP contribution in [0.2, 0.25) is 0 Å². The van der Waals surface area contributed by atoms with E-state index in [0.29, 0.717) is 36.1 Å². The van der Waals surface area contributed by atoms with E-state index >= 15 is 0 Å². The van der Waals surface area contributed by atoms with Gasteiger partial charge in [0.1, 0.15) is 5.75 Å². The summed E-state index contributed by atoms with van der Waals surface area (Å²) in [7, 11) is 0. The van der Waals surface area contributed by atoms with Crippen molar-refractivity contribution in [2.24, 2.45) is 11.1 Å². The third-order valence-corrected chi connectivity index (χ3v) is 5.94. The molecular weight excluding hydrogens is 385 g/mol. The Morgan fingerprint density at radius 1 is 1.21 bits per heavy atom. The van der Waals surface area contributed by atoms with Crippen LogP contribution < -0.4 is 15.8 Å². The van der Waals surface area contributed by atoms with Crippen molar-refractivity contribution in [1.29, 1.82) is 0 Å². The fraction of sp³-hybridized carbons (Fsp3) is 0.333. The standard InChI is InChI=1S/C21H19F3N2O3/c22-21(23,24)29-17-7-2-1-4-12(17)10-16-13-5-3-6-14(18(25)27)15(13)11-20(16)8-9-26-19(20)28/h1-7,16H,8-11H2,(H2,25,27)(H,26,28). The van der Waals surface area contributed by atoms with E-state index in [4.69, 9.17) is 5.73 Å². The topological polar surface area (TPSA) is 81.4 Å². The molecule has 2 aliphatic rings. The predicted molar refractivity (Wildman–Crippen MR) is 98.3 cm³/mol. The molecule has 0 saturated carbocycles. The van der Waals surface area contributed by atoms with E-state index in [1.165, 1.54) is 12.1 Å². The zero-order valence-corrected chi connectivity index (χ0v) is 15.4. The van der Waals surface area contributed by atoms with Gasteiger partial charge >= 0.3 is 6.36 Å². The quantitative estimate of drug-likeness (QED) is 0.822. The molecule has 0 bridgehead atoms. The molecular formula is C21H19F3N2O3. The average molecular weight is 404 g/mol. The minimum Gasteiger partial charge on any atom is -0.406 e. The Morgan fingerprint density at radius 2 is 1.97 bits per heavy atom. The molecule has 1 heterocycles. The number of alkyl halides is 3. The van der Waals surface area contributed by atoms with Crippen molar-refractivity contribution < 1.29 is 27.5 Å². The van der Waals surface area contributed by atoms with Gasteiger partial charge in [-0.15, -0.1) is 13.2 Å². The first-order valence-electron chi connectivity index (χ1n) is 9.25. The molecule has 1 aliphatic carbocycles. The number of nitrogens with one attached hydrogen (secondary N) is 1. The molecule has 2 unspecified atom stereocenters. The Hall–Kier alpha value is -3.03. The van der Waals surface area contributed by atoms with Crippen LogP contribution in [0.4, 0.5) is 13.2 Å². The molecule has 2 aromatic rings. The highest BCUT2D eigenvalue weighted by Gasteiger charge is 2.54. The molecule has 4 rings (SSSR count). The summed E-state index contributed by atoms with van der Waals surface area (Å²) in [5, 5.41) is 2.84. The minimum absolute atomic E-state index is 0.150. The number of amides is 2. The summed E-state index contributed by atoms with van der Waals surface area (Å²) in [5.74, 6) is -1.41. The van der Waals surface area contributed by atoms with Crippen LogP contribution in [0.3, 0.4) is 0 Å². The number of primary amides is 1. The summed E-state index contributed by atoms with van der Waals surface area (Å²) in [5.41, 5.74) is 6.88. The second-order valence-corrected chi connectivity index (χ2v) is 7.49. The van der Waals surface area contributed by atoms with Crippen LogP contribution in [0.1, 0.15) is 39.4 Å². The molecule has 1 spiro atoms. The number of hydrogen-bond acceptors (Lipinski definition) is 3. The summed E-state index contributed by atoms with van der Waals surface area (Å²) in [6.07, 6.45) is -3.77. The summed E-state index contributed by atoms with van der Waals surface area (Å²) in [6, 6.07) is 11.1. The maximum absolute atomic E-state index is 12.8. The van der Waals surface area contributed by atoms with Gasteiger partial charge in [0.2, 0.25) is 11.8 Å². The normalized spacial score (nSPS) is 23.1. The molecule has 29 heavy (non-hydrogen) atoms. The minimum atomic E-state index is -4.81. The Bertz CT molecular complexity index is 989. The zero-order valence-electron chi connectivity index (χ0n) is 15.4. The van der Waals surface area contributed by atoms with E-state index < -0.39 is 23.6 Å². The number of carbonyl (C=O) groups excluding carboxylic acids is 2. The lowest BCUT2D eigenvalue weighted by atomic mass is 9.72. The number of para-hydroxylation sites is 1. The largest absolute Gasteiger partial charge is 0.573 e. The highest BCUT2D eigenvalue weighted by atomic mass is 19.4. The monoisotopic (exact) mass is 404 g/mol. The molecule has 1 saturated heterocycles. The van der Waals surface area contributed by atoms with Crippen LogP contribution in [0.5, 0.6) is 5.75 Å². The van der Waals surface area contributed by atoms with Crippen molar-refractivity contribution in [2.45, 2.75) is 31.5 Å². The number of hydrogen-bond donors (Lipinski definition) is 2. The Morgan fingerprint density at radius 3 is 2.62 bits per heavy atom. The number of carbonyl (C=O) groups is 2. The second-order valence-electron chi connectivity index (χ2n) is 7.49. The number of nitrogens with two attached hydrogens (primary N) is 1. The molecule has 0 aromatic heterocycles. The number of rotatable bonds is 4. The molecule has 0 radical (unpaired) electrons. The molecule has 1 fully saturated rings. The van der Waals surface area contributed by atoms with Crippen molar-refractivity contribution in [3.8, 4) is 5.75 Å². The third-order valence-electron chi connectivity index (χ3n) is 5.94. The number of halogens is 3. The molecule has 3 N–H and O–H groups in total. The lowest BCUT2D eigenvalue weighted by Crippen LogP contribution is -2.36. The smallest absolute Gasteiger partial charge is 0.406 e. The van der Waals surface area contributed by atoms with Crippen LogP contribution in [-0.2, 0) is 17.6 Å². The van der Waals surface area contributed by atoms with E-state index in [2.05, 4.69) is 10.1 Å². The molecule has 2 amide bonds. The maximum Gasteiger partial charge on any atom is 0.573 e. The SMILES string of the molecule is NC(=O)c1cccc2c1CC1(CCNC1=O)C2Cc1ccccc1OC(F)(F)F. The van der Waals surface area contributed by atoms with Gasteiger partial charge in [-0.25, -0.2) is 0 Å². The zero-order chi connectivity index (χ0) is 20.8. The van der Waals surface area contributed by atoms with Gasteiger partial charge < -0.3 is 15.8 Å². The van der Waals surface area contributed by atoms with Gasteiger partial charge in [-0.1, -0.05) is 30.3 Å². The second kappa shape index (κ2) is 6.79. The van der Waals surface area contributed by atoms with Crippen molar-refractivity contribution >= 4 is 11.8 Å². The van der Waals surface area contributed by atoms with Crippen LogP contribution in [0, 0.1) is 5.41 Å². The fourth-order valence-electron chi connectivity index (χ4n) is 4.71. The Kier molecular flexibility index (Phi) is 4.52. The van der Waals surface area contributed by atoms with E-state index in [9.17, 15) is 22.8 Å². The molecule has 152 valence electrons. The Balaban J connectivity index is 1.80. The molecule has 1 aliphatic heterocycles. The first kappa shape index (κ1) is 19.3. The van der Waals surface area contributed by atoms with Gasteiger partial charge in [0.15, 0.2) is 0 Å². The predicted octanol–water partition coefficient (Wildman–Crippen LogP) is 3.07. The van der Waals surface area contributed by atoms with Gasteiger partial charge in [-0.2, -0.15) is 0 Å². The summed E-state index contributed by atoms with van der Waals surface area (Å²) >= 11 is 0. The van der Waals surface area contributed by atoms with Gasteiger partial charge in [-0.3, -0.25) is 9.59 Å². The van der Waals surface area contributed by atoms with Gasteiger partial charge in [0, 0.05) is 18.0 Å². The van der Waals surface area contributed by atoms with Gasteiger partial charge in [0.25, 0.3) is 0 Å². The lowest BCUT2D eigenvalue weighted by molar-refractivity contribution is -0.274. The van der Waals surface area contributed by atoms with Crippen molar-refractivity contribution in [2.75, 3.05) is 6.54 Å². The molecule has 2 aromatic carbocycles. The van der Waals surface area contributed by atoms with E-state index in [-0.39, 0.29) is 18.1 Å². The fourth-order valence-corrected chi connectivity index (χ4v) is 4.71. The Labute approximate surface area is 165 Å². The summed E-state index contributed by atoms with van der Waals surface area (Å²) in [4.78, 5) is 24.7. The van der Waals surface area contributed by atoms with Gasteiger partial charge in [-0.05, 0) is 48.1 Å². The summed E-state index contributed by atoms with van der Waals surface area (Å²) in [6.45, 7) is 0.482. The average Bonchev–Trinajstić information content (AvgIpc) is 3.16. The lowest BCUT2D eigenvalue weighted by Gasteiger charge is -2.29. The van der Waals surface area contributed by atoms with Crippen molar-refractivity contribution in [1.82, 2.24) is 5.32 Å². The molecule has 8 heteroatoms. The van der Waals surface area contributed by atoms with E-state index in [0.717, 1.165) is 5.56 Å². The van der Waals surface area contributed by atoms with Gasteiger partial charge in [0.05, 0.1) is 5.41 Å². The van der Waals surface area contributed by atoms with Crippen molar-refractivity contribution in [3.63, 3.8) is 0 Å². The maximum atomic E-state index is 12.8. The number of fused-ring (bicyclic) bond motifs is 1. The van der Waals surface area contributed by atoms with E-state index in [1.807, 2.05) is 6.07 Å². The molecule has 5 nitrogen and oxygen atoms in total. The first-order valence-corrected chi connectivity index (χ1v) is 9.25. The highest BCUT2D eigenvalue weighted by molar-refractivity contribution is 5.96. The van der Waals surface area contributed by atoms with Crippen molar-refractivity contribution in [3.05, 3.63) is 64.7 Å². The number of benzene rings is 2. The summed E-state index contributed by atoms with van der Waals surface area (Å²) < 4.78 is 42.7. The molecule has 2 atom stereocenters.